The van der Waals surface area contributed by atoms with E-state index in [0.717, 1.165) is 15.9 Å². The largest absolute Gasteiger partial charge is 0.322 e. The van der Waals surface area contributed by atoms with E-state index in [2.05, 4.69) is 26.2 Å². The third-order valence-electron chi connectivity index (χ3n) is 2.24. The number of nitrogens with zero attached hydrogens (tertiary/aromatic N) is 1. The summed E-state index contributed by atoms with van der Waals surface area (Å²) in [5.41, 5.74) is 2.24. The van der Waals surface area contributed by atoms with Gasteiger partial charge in [0.05, 0.1) is 0 Å². The van der Waals surface area contributed by atoms with Crippen LogP contribution in [0.5, 0.6) is 0 Å². The van der Waals surface area contributed by atoms with Crippen molar-refractivity contribution in [3.63, 3.8) is 0 Å². The predicted octanol–water partition coefficient (Wildman–Crippen LogP) is 3.40. The van der Waals surface area contributed by atoms with E-state index in [-0.39, 0.29) is 5.91 Å². The van der Waals surface area contributed by atoms with Crippen molar-refractivity contribution in [1.29, 1.82) is 0 Å². The van der Waals surface area contributed by atoms with Crippen molar-refractivity contribution in [3.8, 4) is 0 Å². The molecule has 0 spiro atoms. The van der Waals surface area contributed by atoms with Gasteiger partial charge in [0.25, 0.3) is 5.91 Å². The van der Waals surface area contributed by atoms with Gasteiger partial charge >= 0.3 is 0 Å². The molecule has 0 radical (unpaired) electrons. The molecule has 1 amide bonds. The highest BCUT2D eigenvalue weighted by atomic mass is 79.9. The number of aromatic nitrogens is 1. The quantitative estimate of drug-likeness (QED) is 0.921. The third kappa shape index (κ3) is 3.14. The number of carbonyl (C=O) groups is 1. The minimum Gasteiger partial charge on any atom is -0.322 e. The first-order valence-corrected chi connectivity index (χ1v) is 5.94. The van der Waals surface area contributed by atoms with Crippen LogP contribution in [0, 0.1) is 6.92 Å². The van der Waals surface area contributed by atoms with E-state index < -0.39 is 0 Å². The Morgan fingerprint density at radius 3 is 2.82 bits per heavy atom. The topological polar surface area (TPSA) is 42.0 Å². The van der Waals surface area contributed by atoms with Gasteiger partial charge in [-0.3, -0.25) is 9.78 Å². The standard InChI is InChI=1S/C13H11BrN2O/c1-9-7-12(5-6-15-9)16-13(17)10-3-2-4-11(14)8-10/h2-8H,1H3,(H,15,16,17). The van der Waals surface area contributed by atoms with Crippen molar-refractivity contribution < 1.29 is 4.79 Å². The van der Waals surface area contributed by atoms with Crippen LogP contribution < -0.4 is 5.32 Å². The molecular formula is C13H11BrN2O. The van der Waals surface area contributed by atoms with Crippen LogP contribution in [0.15, 0.2) is 47.1 Å². The number of benzene rings is 1. The van der Waals surface area contributed by atoms with Gasteiger partial charge in [-0.15, -0.1) is 0 Å². The Bertz CT molecular complexity index is 555. The SMILES string of the molecule is Cc1cc(NC(=O)c2cccc(Br)c2)ccn1. The summed E-state index contributed by atoms with van der Waals surface area (Å²) < 4.78 is 0.885. The molecule has 86 valence electrons. The van der Waals surface area contributed by atoms with Crippen LogP contribution >= 0.6 is 15.9 Å². The number of pyridine rings is 1. The van der Waals surface area contributed by atoms with E-state index in [1.54, 1.807) is 24.4 Å². The average Bonchev–Trinajstić information content (AvgIpc) is 2.29. The van der Waals surface area contributed by atoms with Gasteiger partial charge in [0.1, 0.15) is 0 Å². The molecule has 0 aliphatic rings. The van der Waals surface area contributed by atoms with Gasteiger partial charge < -0.3 is 5.32 Å². The lowest BCUT2D eigenvalue weighted by atomic mass is 10.2. The minimum absolute atomic E-state index is 0.128. The molecule has 0 aliphatic carbocycles. The van der Waals surface area contributed by atoms with Crippen molar-refractivity contribution in [2.75, 3.05) is 5.32 Å². The maximum Gasteiger partial charge on any atom is 0.255 e. The van der Waals surface area contributed by atoms with E-state index >= 15 is 0 Å². The molecule has 2 rings (SSSR count). The lowest BCUT2D eigenvalue weighted by Crippen LogP contribution is -2.11. The normalized spacial score (nSPS) is 10.0. The smallest absolute Gasteiger partial charge is 0.255 e. The van der Waals surface area contributed by atoms with Gasteiger partial charge in [0.15, 0.2) is 0 Å². The Labute approximate surface area is 108 Å². The van der Waals surface area contributed by atoms with Gasteiger partial charge in [0.2, 0.25) is 0 Å². The van der Waals surface area contributed by atoms with Crippen LogP contribution in [0.25, 0.3) is 0 Å². The van der Waals surface area contributed by atoms with Gasteiger partial charge in [-0.05, 0) is 37.3 Å². The summed E-state index contributed by atoms with van der Waals surface area (Å²) in [6, 6.07) is 10.9. The van der Waals surface area contributed by atoms with Gasteiger partial charge in [0, 0.05) is 27.6 Å². The number of hydrogen-bond donors (Lipinski definition) is 1. The molecule has 0 fully saturated rings. The molecule has 1 aromatic carbocycles. The lowest BCUT2D eigenvalue weighted by Gasteiger charge is -2.05. The molecule has 2 aromatic rings. The highest BCUT2D eigenvalue weighted by Crippen LogP contribution is 2.14. The summed E-state index contributed by atoms with van der Waals surface area (Å²) in [5.74, 6) is -0.128. The highest BCUT2D eigenvalue weighted by molar-refractivity contribution is 9.10. The summed E-state index contributed by atoms with van der Waals surface area (Å²) in [5, 5.41) is 2.83. The summed E-state index contributed by atoms with van der Waals surface area (Å²) in [6.45, 7) is 1.88. The van der Waals surface area contributed by atoms with E-state index in [1.165, 1.54) is 0 Å². The van der Waals surface area contributed by atoms with Crippen LogP contribution in [0.2, 0.25) is 0 Å². The molecule has 1 aromatic heterocycles. The van der Waals surface area contributed by atoms with Crippen molar-refractivity contribution in [2.24, 2.45) is 0 Å². The van der Waals surface area contributed by atoms with Gasteiger partial charge in [-0.25, -0.2) is 0 Å². The molecule has 0 aliphatic heterocycles. The molecule has 0 saturated carbocycles. The van der Waals surface area contributed by atoms with E-state index in [0.29, 0.717) is 5.56 Å². The van der Waals surface area contributed by atoms with Crippen LogP contribution in [0.3, 0.4) is 0 Å². The maximum atomic E-state index is 11.9. The molecule has 4 heteroatoms. The first-order chi connectivity index (χ1) is 8.15. The summed E-state index contributed by atoms with van der Waals surface area (Å²) >= 11 is 3.34. The Kier molecular flexibility index (Phi) is 3.54. The summed E-state index contributed by atoms with van der Waals surface area (Å²) in [6.07, 6.45) is 1.67. The molecule has 3 nitrogen and oxygen atoms in total. The van der Waals surface area contributed by atoms with E-state index in [9.17, 15) is 4.79 Å². The highest BCUT2D eigenvalue weighted by Gasteiger charge is 2.06. The fourth-order valence-electron chi connectivity index (χ4n) is 1.46. The third-order valence-corrected chi connectivity index (χ3v) is 2.73. The second kappa shape index (κ2) is 5.10. The molecule has 0 atom stereocenters. The first kappa shape index (κ1) is 11.8. The van der Waals surface area contributed by atoms with Gasteiger partial charge in [-0.2, -0.15) is 0 Å². The maximum absolute atomic E-state index is 11.9. The molecule has 1 N–H and O–H groups in total. The monoisotopic (exact) mass is 290 g/mol. The Hall–Kier alpha value is -1.68. The summed E-state index contributed by atoms with van der Waals surface area (Å²) in [7, 11) is 0. The number of carbonyl (C=O) groups excluding carboxylic acids is 1. The molecule has 1 heterocycles. The van der Waals surface area contributed by atoms with Crippen LogP contribution in [-0.2, 0) is 0 Å². The fraction of sp³-hybridized carbons (Fsp3) is 0.0769. The second-order valence-electron chi connectivity index (χ2n) is 3.65. The molecule has 17 heavy (non-hydrogen) atoms. The number of amides is 1. The number of anilines is 1. The fourth-order valence-corrected chi connectivity index (χ4v) is 1.86. The van der Waals surface area contributed by atoms with Crippen molar-refractivity contribution >= 4 is 27.5 Å². The predicted molar refractivity (Wildman–Crippen MR) is 71.1 cm³/mol. The number of halogens is 1. The second-order valence-corrected chi connectivity index (χ2v) is 4.57. The van der Waals surface area contributed by atoms with Crippen LogP contribution in [-0.4, -0.2) is 10.9 Å². The minimum atomic E-state index is -0.128. The summed E-state index contributed by atoms with van der Waals surface area (Å²) in [4.78, 5) is 16.0. The molecule has 0 bridgehead atoms. The Morgan fingerprint density at radius 1 is 1.29 bits per heavy atom. The molecule has 0 saturated heterocycles. The Morgan fingerprint density at radius 2 is 2.12 bits per heavy atom. The molecule has 0 unspecified atom stereocenters. The number of hydrogen-bond acceptors (Lipinski definition) is 2. The van der Waals surface area contributed by atoms with E-state index in [1.807, 2.05) is 25.1 Å². The number of rotatable bonds is 2. The van der Waals surface area contributed by atoms with Crippen molar-refractivity contribution in [2.45, 2.75) is 6.92 Å². The van der Waals surface area contributed by atoms with Crippen molar-refractivity contribution in [3.05, 3.63) is 58.3 Å². The Balaban J connectivity index is 2.17. The van der Waals surface area contributed by atoms with Crippen LogP contribution in [0.4, 0.5) is 5.69 Å². The molecular weight excluding hydrogens is 280 g/mol. The van der Waals surface area contributed by atoms with Crippen molar-refractivity contribution in [1.82, 2.24) is 4.98 Å². The van der Waals surface area contributed by atoms with Crippen LogP contribution in [0.1, 0.15) is 16.1 Å². The zero-order valence-corrected chi connectivity index (χ0v) is 10.9. The lowest BCUT2D eigenvalue weighted by molar-refractivity contribution is 0.102. The first-order valence-electron chi connectivity index (χ1n) is 5.15. The zero-order valence-electron chi connectivity index (χ0n) is 9.27. The van der Waals surface area contributed by atoms with Gasteiger partial charge in [-0.1, -0.05) is 22.0 Å². The number of nitrogens with one attached hydrogen (secondary N) is 1. The number of aryl methyl sites for hydroxylation is 1. The van der Waals surface area contributed by atoms with E-state index in [4.69, 9.17) is 0 Å². The average molecular weight is 291 g/mol. The zero-order chi connectivity index (χ0) is 12.3.